The highest BCUT2D eigenvalue weighted by Crippen LogP contribution is 2.48. The number of rotatable bonds is 13. The van der Waals surface area contributed by atoms with Crippen LogP contribution in [0.25, 0.3) is 11.1 Å². The van der Waals surface area contributed by atoms with Crippen LogP contribution in [0.3, 0.4) is 0 Å². The largest absolute Gasteiger partial charge is 0.497 e. The molecule has 5 aromatic carbocycles. The van der Waals surface area contributed by atoms with Crippen LogP contribution >= 0.6 is 0 Å². The molecule has 306 valence electrons. The van der Waals surface area contributed by atoms with E-state index in [0.717, 1.165) is 106 Å². The highest BCUT2D eigenvalue weighted by molar-refractivity contribution is 5.85. The van der Waals surface area contributed by atoms with Gasteiger partial charge in [-0.1, -0.05) is 80.7 Å². The van der Waals surface area contributed by atoms with Gasteiger partial charge in [0.1, 0.15) is 60.1 Å². The summed E-state index contributed by atoms with van der Waals surface area (Å²) in [6, 6.07) is 32.7. The standard InChI is InChI=1S/C51H60O7/c1-52-43-25-19-38(20-26-43)35-56-46-33-42-18-16-14-12-10-8-6-5-7-9-11-13-15-17-41-31-48(57-36-39-21-27-44(53-2)28-22-39)51(50(42)47(34-46)55-4)49(32-41)58-37-40-23-29-45(54-3)30-24-40/h10,12,19-34H,5-9,11,13-18,35-37H2,1-4H3. The summed E-state index contributed by atoms with van der Waals surface area (Å²) in [4.78, 5) is 0. The van der Waals surface area contributed by atoms with Gasteiger partial charge in [-0.3, -0.25) is 0 Å². The second-order valence-corrected chi connectivity index (χ2v) is 14.9. The molecule has 0 aromatic heterocycles. The molecule has 2 bridgehead atoms. The van der Waals surface area contributed by atoms with E-state index in [1.165, 1.54) is 44.1 Å². The van der Waals surface area contributed by atoms with Crippen molar-refractivity contribution in [2.24, 2.45) is 0 Å². The zero-order chi connectivity index (χ0) is 40.4. The number of ether oxygens (including phenoxy) is 7. The van der Waals surface area contributed by atoms with Gasteiger partial charge in [0.05, 0.1) is 34.0 Å². The van der Waals surface area contributed by atoms with E-state index >= 15 is 0 Å². The van der Waals surface area contributed by atoms with E-state index in [-0.39, 0.29) is 0 Å². The number of allylic oxidation sites excluding steroid dienone is 2. The molecule has 0 spiro atoms. The molecule has 0 unspecified atom stereocenters. The molecular weight excluding hydrogens is 725 g/mol. The van der Waals surface area contributed by atoms with Crippen LogP contribution in [-0.4, -0.2) is 28.4 Å². The van der Waals surface area contributed by atoms with Crippen molar-refractivity contribution < 1.29 is 33.2 Å². The average Bonchev–Trinajstić information content (AvgIpc) is 3.27. The van der Waals surface area contributed by atoms with Crippen molar-refractivity contribution in [2.75, 3.05) is 28.4 Å². The van der Waals surface area contributed by atoms with E-state index in [4.69, 9.17) is 33.2 Å². The monoisotopic (exact) mass is 784 g/mol. The van der Waals surface area contributed by atoms with Crippen molar-refractivity contribution in [1.82, 2.24) is 0 Å². The van der Waals surface area contributed by atoms with E-state index in [9.17, 15) is 0 Å². The molecule has 0 aliphatic heterocycles. The third-order valence-electron chi connectivity index (χ3n) is 10.7. The van der Waals surface area contributed by atoms with Crippen molar-refractivity contribution in [3.63, 3.8) is 0 Å². The highest BCUT2D eigenvalue weighted by atomic mass is 16.5. The molecule has 0 heterocycles. The highest BCUT2D eigenvalue weighted by Gasteiger charge is 2.24. The predicted octanol–water partition coefficient (Wildman–Crippen LogP) is 12.7. The molecule has 0 N–H and O–H groups in total. The number of aryl methyl sites for hydroxylation is 2. The van der Waals surface area contributed by atoms with Crippen molar-refractivity contribution >= 4 is 0 Å². The molecule has 7 rings (SSSR count). The fourth-order valence-electron chi connectivity index (χ4n) is 7.41. The normalized spacial score (nSPS) is 13.9. The van der Waals surface area contributed by atoms with Gasteiger partial charge in [0, 0.05) is 11.6 Å². The van der Waals surface area contributed by atoms with Gasteiger partial charge in [-0.15, -0.1) is 0 Å². The van der Waals surface area contributed by atoms with E-state index in [1.807, 2.05) is 78.9 Å². The number of hydrogen-bond acceptors (Lipinski definition) is 7. The number of fused-ring (bicyclic) bond motifs is 14. The van der Waals surface area contributed by atoms with Gasteiger partial charge in [-0.2, -0.15) is 0 Å². The van der Waals surface area contributed by atoms with Crippen LogP contribution in [0.5, 0.6) is 40.2 Å². The van der Waals surface area contributed by atoms with Gasteiger partial charge in [0.15, 0.2) is 0 Å². The molecule has 0 radical (unpaired) electrons. The quantitative estimate of drug-likeness (QED) is 0.110. The van der Waals surface area contributed by atoms with Crippen molar-refractivity contribution in [3.8, 4) is 51.4 Å². The maximum absolute atomic E-state index is 6.89. The maximum Gasteiger partial charge on any atom is 0.131 e. The first-order valence-electron chi connectivity index (χ1n) is 20.9. The van der Waals surface area contributed by atoms with Gasteiger partial charge in [0.2, 0.25) is 0 Å². The first kappa shape index (κ1) is 42.1. The minimum absolute atomic E-state index is 0.379. The van der Waals surface area contributed by atoms with Crippen LogP contribution in [0.4, 0.5) is 0 Å². The lowest BCUT2D eigenvalue weighted by Gasteiger charge is -2.23. The number of hydrogen-bond donors (Lipinski definition) is 0. The van der Waals surface area contributed by atoms with E-state index < -0.39 is 0 Å². The zero-order valence-corrected chi connectivity index (χ0v) is 34.9. The number of benzene rings is 5. The Morgan fingerprint density at radius 1 is 0.379 bits per heavy atom. The first-order valence-corrected chi connectivity index (χ1v) is 20.9. The summed E-state index contributed by atoms with van der Waals surface area (Å²) >= 11 is 0. The molecule has 5 aromatic rings. The average molecular weight is 785 g/mol. The van der Waals surface area contributed by atoms with Crippen molar-refractivity contribution in [1.29, 1.82) is 0 Å². The minimum Gasteiger partial charge on any atom is -0.497 e. The summed E-state index contributed by atoms with van der Waals surface area (Å²) in [5.74, 6) is 5.41. The molecule has 58 heavy (non-hydrogen) atoms. The molecule has 7 heteroatoms. The van der Waals surface area contributed by atoms with Gasteiger partial charge >= 0.3 is 0 Å². The Kier molecular flexibility index (Phi) is 16.2. The second-order valence-electron chi connectivity index (χ2n) is 14.9. The molecule has 0 atom stereocenters. The zero-order valence-electron chi connectivity index (χ0n) is 34.9. The fourth-order valence-corrected chi connectivity index (χ4v) is 7.41. The Hall–Kier alpha value is -5.56. The Morgan fingerprint density at radius 3 is 1.34 bits per heavy atom. The predicted molar refractivity (Wildman–Crippen MR) is 233 cm³/mol. The summed E-state index contributed by atoms with van der Waals surface area (Å²) in [6.45, 7) is 1.17. The second kappa shape index (κ2) is 22.4. The van der Waals surface area contributed by atoms with E-state index in [1.54, 1.807) is 28.4 Å². The molecule has 0 fully saturated rings. The van der Waals surface area contributed by atoms with Crippen LogP contribution in [0.2, 0.25) is 0 Å². The van der Waals surface area contributed by atoms with Crippen LogP contribution in [0.1, 0.15) is 92.0 Å². The molecule has 0 saturated carbocycles. The molecule has 7 nitrogen and oxygen atoms in total. The SMILES string of the molecule is COc1ccc(COc2cc3c(c(OC)c2)-c2c(OCc4ccc(OC)cc4)cc(cc2OCc2ccc(OC)cc2)CCCCCCCCCC=CCCC3)cc1. The summed E-state index contributed by atoms with van der Waals surface area (Å²) in [7, 11) is 6.77. The molecule has 2 aliphatic rings. The third kappa shape index (κ3) is 12.2. The van der Waals surface area contributed by atoms with E-state index in [2.05, 4.69) is 30.4 Å². The van der Waals surface area contributed by atoms with Crippen molar-refractivity contribution in [2.45, 2.75) is 96.9 Å². The Bertz CT molecular complexity index is 1940. The van der Waals surface area contributed by atoms with Gasteiger partial charge in [-0.25, -0.2) is 0 Å². The lowest BCUT2D eigenvalue weighted by Crippen LogP contribution is -2.06. The molecular formula is C51H60O7. The summed E-state index contributed by atoms with van der Waals surface area (Å²) in [5.41, 5.74) is 7.28. The van der Waals surface area contributed by atoms with Crippen LogP contribution in [0, 0.1) is 0 Å². The van der Waals surface area contributed by atoms with Gasteiger partial charge in [0.25, 0.3) is 0 Å². The third-order valence-corrected chi connectivity index (χ3v) is 10.7. The maximum atomic E-state index is 6.89. The number of methoxy groups -OCH3 is 4. The Labute approximate surface area is 345 Å². The lowest BCUT2D eigenvalue weighted by atomic mass is 9.91. The van der Waals surface area contributed by atoms with Crippen LogP contribution < -0.4 is 33.2 Å². The summed E-state index contributed by atoms with van der Waals surface area (Å²) in [5, 5.41) is 0. The summed E-state index contributed by atoms with van der Waals surface area (Å²) in [6.07, 6.45) is 18.3. The van der Waals surface area contributed by atoms with Crippen molar-refractivity contribution in [3.05, 3.63) is 137 Å². The van der Waals surface area contributed by atoms with Gasteiger partial charge in [-0.05, 0) is 127 Å². The molecule has 0 amide bonds. The lowest BCUT2D eigenvalue weighted by molar-refractivity contribution is 0.291. The Balaban J connectivity index is 1.45. The van der Waals surface area contributed by atoms with Crippen LogP contribution in [-0.2, 0) is 32.7 Å². The first-order chi connectivity index (χ1) is 28.6. The molecule has 0 saturated heterocycles. The van der Waals surface area contributed by atoms with Crippen LogP contribution in [0.15, 0.2) is 109 Å². The van der Waals surface area contributed by atoms with Gasteiger partial charge < -0.3 is 33.2 Å². The molecule has 2 aliphatic carbocycles. The Morgan fingerprint density at radius 2 is 0.845 bits per heavy atom. The smallest absolute Gasteiger partial charge is 0.131 e. The van der Waals surface area contributed by atoms with E-state index in [0.29, 0.717) is 25.6 Å². The summed E-state index contributed by atoms with van der Waals surface area (Å²) < 4.78 is 42.8. The fraction of sp³-hybridized carbons (Fsp3) is 0.373. The topological polar surface area (TPSA) is 64.6 Å². The minimum atomic E-state index is 0.379.